The summed E-state index contributed by atoms with van der Waals surface area (Å²) in [6, 6.07) is 13.0. The Labute approximate surface area is 136 Å². The fourth-order valence-electron chi connectivity index (χ4n) is 1.99. The molecule has 2 aromatic rings. The highest BCUT2D eigenvalue weighted by Crippen LogP contribution is 2.17. The molecule has 0 spiro atoms. The zero-order valence-electron chi connectivity index (χ0n) is 12.0. The Balaban J connectivity index is 2.04. The van der Waals surface area contributed by atoms with E-state index in [0.29, 0.717) is 16.8 Å². The molecule has 0 radical (unpaired) electrons. The smallest absolute Gasteiger partial charge is 0.238 e. The molecule has 0 saturated carbocycles. The number of hydrogen-bond donors (Lipinski definition) is 1. The van der Waals surface area contributed by atoms with Crippen LogP contribution in [0.2, 0.25) is 0 Å². The summed E-state index contributed by atoms with van der Waals surface area (Å²) in [5, 5.41) is 2.72. The van der Waals surface area contributed by atoms with Gasteiger partial charge < -0.3 is 5.32 Å². The zero-order chi connectivity index (χ0) is 16.1. The summed E-state index contributed by atoms with van der Waals surface area (Å²) in [5.74, 6) is -0.694. The van der Waals surface area contributed by atoms with Gasteiger partial charge in [0.15, 0.2) is 5.78 Å². The molecule has 0 bridgehead atoms. The first kappa shape index (κ1) is 16.4. The minimum atomic E-state index is -0.564. The van der Waals surface area contributed by atoms with Gasteiger partial charge in [0.1, 0.15) is 5.82 Å². The Morgan fingerprint density at radius 1 is 1.18 bits per heavy atom. The topological polar surface area (TPSA) is 46.2 Å². The molecule has 2 aromatic carbocycles. The normalized spacial score (nSPS) is 11.8. The lowest BCUT2D eigenvalue weighted by atomic mass is 10.1. The van der Waals surface area contributed by atoms with Gasteiger partial charge in [-0.2, -0.15) is 0 Å². The van der Waals surface area contributed by atoms with E-state index in [1.54, 1.807) is 42.5 Å². The largest absolute Gasteiger partial charge is 0.325 e. The number of Topliss-reactive ketones (excluding diaryl/α,β-unsaturated/α-hetero) is 1. The monoisotopic (exact) mass is 363 g/mol. The first-order valence-electron chi connectivity index (χ1n) is 6.76. The minimum Gasteiger partial charge on any atom is -0.325 e. The van der Waals surface area contributed by atoms with Crippen LogP contribution in [0.5, 0.6) is 0 Å². The molecular weight excluding hydrogens is 349 g/mol. The number of nitrogens with one attached hydrogen (secondary N) is 1. The van der Waals surface area contributed by atoms with Crippen LogP contribution in [0.3, 0.4) is 0 Å². The van der Waals surface area contributed by atoms with Crippen molar-refractivity contribution in [2.24, 2.45) is 0 Å². The van der Waals surface area contributed by atoms with E-state index in [1.807, 2.05) is 0 Å². The zero-order valence-corrected chi connectivity index (χ0v) is 13.6. The van der Waals surface area contributed by atoms with Gasteiger partial charge in [0.25, 0.3) is 0 Å². The first-order valence-corrected chi connectivity index (χ1v) is 7.68. The van der Waals surface area contributed by atoms with Crippen LogP contribution in [0, 0.1) is 5.82 Å². The van der Waals surface area contributed by atoms with E-state index >= 15 is 0 Å². The standard InChI is InChI=1S/C17H15BrFNO2/c1-11(21)12-6-4-7-14(9-12)20-17(22)15(18)10-13-5-2-3-8-16(13)19/h2-9,15H,10H2,1H3,(H,20,22). The Kier molecular flexibility index (Phi) is 5.44. The fourth-order valence-corrected chi connectivity index (χ4v) is 2.45. The molecule has 0 saturated heterocycles. The van der Waals surface area contributed by atoms with Crippen LogP contribution in [0.15, 0.2) is 48.5 Å². The SMILES string of the molecule is CC(=O)c1cccc(NC(=O)C(Br)Cc2ccccc2F)c1. The molecule has 1 atom stereocenters. The number of hydrogen-bond acceptors (Lipinski definition) is 2. The second kappa shape index (κ2) is 7.31. The molecule has 1 amide bonds. The van der Waals surface area contributed by atoms with Gasteiger partial charge in [-0.15, -0.1) is 0 Å². The predicted octanol–water partition coefficient (Wildman–Crippen LogP) is 3.97. The maximum Gasteiger partial charge on any atom is 0.238 e. The third-order valence-electron chi connectivity index (χ3n) is 3.18. The van der Waals surface area contributed by atoms with Crippen LogP contribution in [0.4, 0.5) is 10.1 Å². The Bertz CT molecular complexity index is 703. The van der Waals surface area contributed by atoms with Crippen LogP contribution in [0.25, 0.3) is 0 Å². The molecule has 3 nitrogen and oxygen atoms in total. The summed E-state index contributed by atoms with van der Waals surface area (Å²) in [7, 11) is 0. The van der Waals surface area contributed by atoms with Crippen LogP contribution in [-0.4, -0.2) is 16.5 Å². The Morgan fingerprint density at radius 2 is 1.91 bits per heavy atom. The Morgan fingerprint density at radius 3 is 2.59 bits per heavy atom. The summed E-state index contributed by atoms with van der Waals surface area (Å²) in [5.41, 5.74) is 1.53. The molecule has 22 heavy (non-hydrogen) atoms. The van der Waals surface area contributed by atoms with Gasteiger partial charge in [-0.3, -0.25) is 9.59 Å². The Hall–Kier alpha value is -2.01. The minimum absolute atomic E-state index is 0.0714. The molecule has 0 aliphatic heterocycles. The molecule has 5 heteroatoms. The van der Waals surface area contributed by atoms with Crippen LogP contribution in [0.1, 0.15) is 22.8 Å². The van der Waals surface area contributed by atoms with Gasteiger partial charge in [0, 0.05) is 11.3 Å². The molecule has 114 valence electrons. The summed E-state index contributed by atoms with van der Waals surface area (Å²) in [6.07, 6.45) is 0.241. The molecule has 0 aromatic heterocycles. The first-order chi connectivity index (χ1) is 10.5. The summed E-state index contributed by atoms with van der Waals surface area (Å²) < 4.78 is 13.6. The number of carbonyl (C=O) groups is 2. The second-order valence-corrected chi connectivity index (χ2v) is 5.99. The number of carbonyl (C=O) groups excluding carboxylic acids is 2. The predicted molar refractivity (Wildman–Crippen MR) is 87.9 cm³/mol. The average Bonchev–Trinajstić information content (AvgIpc) is 2.49. The summed E-state index contributed by atoms with van der Waals surface area (Å²) >= 11 is 3.27. The molecule has 2 rings (SSSR count). The van der Waals surface area contributed by atoms with Gasteiger partial charge in [-0.1, -0.05) is 46.3 Å². The van der Waals surface area contributed by atoms with Crippen molar-refractivity contribution in [3.63, 3.8) is 0 Å². The van der Waals surface area contributed by atoms with Crippen LogP contribution >= 0.6 is 15.9 Å². The molecule has 0 heterocycles. The van der Waals surface area contributed by atoms with E-state index in [1.165, 1.54) is 13.0 Å². The number of alkyl halides is 1. The molecular formula is C17H15BrFNO2. The van der Waals surface area contributed by atoms with Crippen molar-refractivity contribution >= 4 is 33.3 Å². The maximum absolute atomic E-state index is 13.6. The highest BCUT2D eigenvalue weighted by atomic mass is 79.9. The van der Waals surface area contributed by atoms with Gasteiger partial charge in [-0.05, 0) is 37.1 Å². The molecule has 0 aliphatic carbocycles. The van der Waals surface area contributed by atoms with Crippen molar-refractivity contribution in [3.05, 3.63) is 65.5 Å². The van der Waals surface area contributed by atoms with E-state index in [4.69, 9.17) is 0 Å². The molecule has 1 unspecified atom stereocenters. The van der Waals surface area contributed by atoms with Gasteiger partial charge >= 0.3 is 0 Å². The summed E-state index contributed by atoms with van der Waals surface area (Å²) in [4.78, 5) is 22.9. The third kappa shape index (κ3) is 4.24. The van der Waals surface area contributed by atoms with Crippen molar-refractivity contribution in [2.75, 3.05) is 5.32 Å². The van der Waals surface area contributed by atoms with Crippen molar-refractivity contribution in [1.82, 2.24) is 0 Å². The highest BCUT2D eigenvalue weighted by molar-refractivity contribution is 9.10. The van der Waals surface area contributed by atoms with Crippen molar-refractivity contribution in [2.45, 2.75) is 18.2 Å². The average molecular weight is 364 g/mol. The van der Waals surface area contributed by atoms with Gasteiger partial charge in [0.2, 0.25) is 5.91 Å². The number of anilines is 1. The second-order valence-electron chi connectivity index (χ2n) is 4.89. The highest BCUT2D eigenvalue weighted by Gasteiger charge is 2.17. The van der Waals surface area contributed by atoms with Crippen molar-refractivity contribution in [1.29, 1.82) is 0 Å². The number of ketones is 1. The molecule has 0 fully saturated rings. The maximum atomic E-state index is 13.6. The number of rotatable bonds is 5. The molecule has 1 N–H and O–H groups in total. The van der Waals surface area contributed by atoms with Crippen LogP contribution < -0.4 is 5.32 Å². The van der Waals surface area contributed by atoms with E-state index in [0.717, 1.165) is 0 Å². The number of benzene rings is 2. The van der Waals surface area contributed by atoms with Crippen molar-refractivity contribution < 1.29 is 14.0 Å². The fraction of sp³-hybridized carbons (Fsp3) is 0.176. The van der Waals surface area contributed by atoms with E-state index < -0.39 is 4.83 Å². The lowest BCUT2D eigenvalue weighted by Crippen LogP contribution is -2.25. The molecule has 0 aliphatic rings. The van der Waals surface area contributed by atoms with Gasteiger partial charge in [0.05, 0.1) is 4.83 Å². The quantitative estimate of drug-likeness (QED) is 0.645. The van der Waals surface area contributed by atoms with E-state index in [2.05, 4.69) is 21.2 Å². The number of amides is 1. The lowest BCUT2D eigenvalue weighted by molar-refractivity contribution is -0.115. The van der Waals surface area contributed by atoms with Gasteiger partial charge in [-0.25, -0.2) is 4.39 Å². The third-order valence-corrected chi connectivity index (χ3v) is 3.92. The van der Waals surface area contributed by atoms with Crippen molar-refractivity contribution in [3.8, 4) is 0 Å². The lowest BCUT2D eigenvalue weighted by Gasteiger charge is -2.12. The van der Waals surface area contributed by atoms with Crippen LogP contribution in [-0.2, 0) is 11.2 Å². The summed E-state index contributed by atoms with van der Waals surface area (Å²) in [6.45, 7) is 1.46. The van der Waals surface area contributed by atoms with E-state index in [-0.39, 0.29) is 23.9 Å². The van der Waals surface area contributed by atoms with E-state index in [9.17, 15) is 14.0 Å². The number of halogens is 2.